The Hall–Kier alpha value is -1.88. The summed E-state index contributed by atoms with van der Waals surface area (Å²) in [4.78, 5) is 7.39. The van der Waals surface area contributed by atoms with Crippen molar-refractivity contribution in [3.63, 3.8) is 0 Å². The number of rotatable bonds is 16. The monoisotopic (exact) mass is 440 g/mol. The topological polar surface area (TPSA) is 27.2 Å². The van der Waals surface area contributed by atoms with Crippen LogP contribution in [0.4, 0.5) is 11.4 Å². The Morgan fingerprint density at radius 1 is 0.656 bits per heavy atom. The highest BCUT2D eigenvalue weighted by atomic mass is 16.5. The highest BCUT2D eigenvalue weighted by Gasteiger charge is 2.21. The minimum atomic E-state index is 0.176. The second-order valence-corrected chi connectivity index (χ2v) is 9.07. The number of nitrogens with zero attached hydrogens (tertiary/aromatic N) is 2. The fourth-order valence-electron chi connectivity index (χ4n) is 4.09. The zero-order valence-electron chi connectivity index (χ0n) is 21.4. The summed E-state index contributed by atoms with van der Waals surface area (Å²) in [7, 11) is 0. The summed E-state index contributed by atoms with van der Waals surface area (Å²) in [5.74, 6) is 0. The lowest BCUT2D eigenvalue weighted by molar-refractivity contribution is 0.0346. The van der Waals surface area contributed by atoms with Crippen LogP contribution in [-0.4, -0.2) is 12.2 Å². The van der Waals surface area contributed by atoms with Gasteiger partial charge in [-0.3, -0.25) is 0 Å². The van der Waals surface area contributed by atoms with Crippen molar-refractivity contribution in [1.82, 2.24) is 0 Å². The van der Waals surface area contributed by atoms with Gasteiger partial charge in [-0.1, -0.05) is 90.2 Å². The normalized spacial score (nSPS) is 12.9. The maximum absolute atomic E-state index is 7.63. The van der Waals surface area contributed by atoms with Gasteiger partial charge in [0.25, 0.3) is 0 Å². The molecule has 0 aromatic heterocycles. The first kappa shape index (κ1) is 28.2. The molecule has 1 aromatic rings. The van der Waals surface area contributed by atoms with Gasteiger partial charge in [-0.25, -0.2) is 9.69 Å². The molecule has 0 spiro atoms. The molecule has 2 atom stereocenters. The molecule has 0 bridgehead atoms. The van der Waals surface area contributed by atoms with Gasteiger partial charge in [-0.05, 0) is 37.8 Å². The van der Waals surface area contributed by atoms with Crippen LogP contribution in [0.15, 0.2) is 0 Å². The van der Waals surface area contributed by atoms with E-state index in [1.807, 2.05) is 13.8 Å². The number of hydrogen-bond acceptors (Lipinski definition) is 2. The molecule has 0 aliphatic heterocycles. The molecule has 0 radical (unpaired) electrons. The van der Waals surface area contributed by atoms with Crippen LogP contribution in [0.5, 0.6) is 0 Å². The number of ether oxygens (including phenoxy) is 2. The molecule has 1 aromatic carbocycles. The average molecular weight is 441 g/mol. The van der Waals surface area contributed by atoms with E-state index in [0.29, 0.717) is 24.6 Å². The number of hydrogen-bond donors (Lipinski definition) is 0. The van der Waals surface area contributed by atoms with Crippen molar-refractivity contribution >= 4 is 11.4 Å². The number of unbranched alkanes of at least 4 members (excludes halogenated alkanes) is 6. The largest absolute Gasteiger partial charge is 0.374 e. The van der Waals surface area contributed by atoms with E-state index in [1.165, 1.54) is 51.4 Å². The van der Waals surface area contributed by atoms with Crippen LogP contribution in [0.3, 0.4) is 0 Å². The van der Waals surface area contributed by atoms with E-state index >= 15 is 0 Å². The fraction of sp³-hybridized carbons (Fsp3) is 0.714. The first-order chi connectivity index (χ1) is 15.4. The summed E-state index contributed by atoms with van der Waals surface area (Å²) < 4.78 is 12.4. The summed E-state index contributed by atoms with van der Waals surface area (Å²) >= 11 is 0. The molecule has 0 heterocycles. The Bertz CT molecular complexity index is 708. The van der Waals surface area contributed by atoms with E-state index in [0.717, 1.165) is 35.1 Å². The van der Waals surface area contributed by atoms with Gasteiger partial charge in [0.05, 0.1) is 38.6 Å². The van der Waals surface area contributed by atoms with Crippen molar-refractivity contribution in [3.8, 4) is 0 Å². The third-order valence-corrected chi connectivity index (χ3v) is 6.38. The Kier molecular flexibility index (Phi) is 13.9. The lowest BCUT2D eigenvalue weighted by atomic mass is 9.94. The second kappa shape index (κ2) is 15.8. The molecular weight excluding hydrogens is 396 g/mol. The maximum atomic E-state index is 7.63. The van der Waals surface area contributed by atoms with Gasteiger partial charge in [0, 0.05) is 0 Å². The van der Waals surface area contributed by atoms with Crippen LogP contribution < -0.4 is 0 Å². The van der Waals surface area contributed by atoms with Crippen molar-refractivity contribution in [2.24, 2.45) is 0 Å². The van der Waals surface area contributed by atoms with Crippen LogP contribution in [0.25, 0.3) is 9.69 Å². The van der Waals surface area contributed by atoms with Gasteiger partial charge in [0.1, 0.15) is 0 Å². The van der Waals surface area contributed by atoms with Gasteiger partial charge < -0.3 is 9.47 Å². The lowest BCUT2D eigenvalue weighted by Crippen LogP contribution is -2.14. The Morgan fingerprint density at radius 3 is 1.34 bits per heavy atom. The summed E-state index contributed by atoms with van der Waals surface area (Å²) in [5.41, 5.74) is 4.71. The molecule has 0 unspecified atom stereocenters. The molecule has 0 saturated heterocycles. The van der Waals surface area contributed by atoms with E-state index < -0.39 is 0 Å². The van der Waals surface area contributed by atoms with Crippen LogP contribution in [0.1, 0.15) is 114 Å². The molecule has 4 heteroatoms. The van der Waals surface area contributed by atoms with E-state index in [-0.39, 0.29) is 12.2 Å². The molecule has 0 fully saturated rings. The SMILES string of the molecule is [C-]#[N+]c1c(C)c(CO[C@H](C)CCCCCC)c(CO[C@H](C)CCCCCC)c(C)c1[N+]#[C-]. The van der Waals surface area contributed by atoms with E-state index in [9.17, 15) is 0 Å². The molecule has 0 amide bonds. The lowest BCUT2D eigenvalue weighted by Gasteiger charge is -2.22. The van der Waals surface area contributed by atoms with Crippen molar-refractivity contribution in [2.45, 2.75) is 131 Å². The third kappa shape index (κ3) is 8.93. The Balaban J connectivity index is 2.97. The van der Waals surface area contributed by atoms with Crippen molar-refractivity contribution in [1.29, 1.82) is 0 Å². The minimum Gasteiger partial charge on any atom is -0.374 e. The Morgan fingerprint density at radius 2 is 1.03 bits per heavy atom. The Labute approximate surface area is 197 Å². The number of benzene rings is 1. The van der Waals surface area contributed by atoms with Gasteiger partial charge in [-0.2, -0.15) is 0 Å². The predicted octanol–water partition coefficient (Wildman–Crippen LogP) is 9.16. The smallest absolute Gasteiger partial charge is 0.198 e. The van der Waals surface area contributed by atoms with Crippen molar-refractivity contribution < 1.29 is 9.47 Å². The maximum Gasteiger partial charge on any atom is 0.198 e. The van der Waals surface area contributed by atoms with Crippen molar-refractivity contribution in [2.75, 3.05) is 0 Å². The molecular formula is C28H44N2O2. The second-order valence-electron chi connectivity index (χ2n) is 9.07. The standard InChI is InChI=1S/C28H44N2O2/c1-9-11-13-15-17-21(3)31-19-25-23(5)27(29-7)28(30-8)24(6)26(25)20-32-22(4)18-16-14-12-10-2/h21-22H,9-20H2,1-6H3/t21-,22-/m1/s1. The molecule has 4 nitrogen and oxygen atoms in total. The van der Waals surface area contributed by atoms with Gasteiger partial charge >= 0.3 is 0 Å². The van der Waals surface area contributed by atoms with Gasteiger partial charge in [0.15, 0.2) is 11.4 Å². The predicted molar refractivity (Wildman–Crippen MR) is 134 cm³/mol. The quantitative estimate of drug-likeness (QED) is 0.189. The fourth-order valence-corrected chi connectivity index (χ4v) is 4.09. The summed E-state index contributed by atoms with van der Waals surface area (Å²) in [6, 6.07) is 0. The average Bonchev–Trinajstić information content (AvgIpc) is 2.78. The highest BCUT2D eigenvalue weighted by Crippen LogP contribution is 2.41. The molecule has 0 aliphatic rings. The summed E-state index contributed by atoms with van der Waals surface area (Å²) in [6.07, 6.45) is 12.3. The zero-order valence-corrected chi connectivity index (χ0v) is 21.4. The van der Waals surface area contributed by atoms with Gasteiger partial charge in [-0.15, -0.1) is 0 Å². The summed E-state index contributed by atoms with van der Waals surface area (Å²) in [5, 5.41) is 0. The van der Waals surface area contributed by atoms with Crippen LogP contribution in [0, 0.1) is 27.0 Å². The molecule has 0 aliphatic carbocycles. The first-order valence-electron chi connectivity index (χ1n) is 12.5. The van der Waals surface area contributed by atoms with Crippen LogP contribution in [-0.2, 0) is 22.7 Å². The molecule has 1 rings (SSSR count). The van der Waals surface area contributed by atoms with E-state index in [1.54, 1.807) is 0 Å². The molecule has 32 heavy (non-hydrogen) atoms. The van der Waals surface area contributed by atoms with Gasteiger partial charge in [0.2, 0.25) is 0 Å². The van der Waals surface area contributed by atoms with E-state index in [2.05, 4.69) is 37.4 Å². The summed E-state index contributed by atoms with van der Waals surface area (Å²) in [6.45, 7) is 28.8. The molecule has 178 valence electrons. The van der Waals surface area contributed by atoms with Crippen molar-refractivity contribution in [3.05, 3.63) is 45.1 Å². The minimum absolute atomic E-state index is 0.176. The van der Waals surface area contributed by atoms with Crippen LogP contribution >= 0.6 is 0 Å². The molecule has 0 saturated carbocycles. The van der Waals surface area contributed by atoms with E-state index in [4.69, 9.17) is 22.6 Å². The zero-order chi connectivity index (χ0) is 23.9. The third-order valence-electron chi connectivity index (χ3n) is 6.38. The highest BCUT2D eigenvalue weighted by molar-refractivity contribution is 5.80. The molecule has 0 N–H and O–H groups in total. The van der Waals surface area contributed by atoms with Crippen LogP contribution in [0.2, 0.25) is 0 Å². The first-order valence-corrected chi connectivity index (χ1v) is 12.5.